The molecule has 3 heteroatoms. The second kappa shape index (κ2) is 15.0. The molecule has 0 radical (unpaired) electrons. The number of aryl methyl sites for hydroxylation is 1. The highest BCUT2D eigenvalue weighted by Crippen LogP contribution is 2.27. The van der Waals surface area contributed by atoms with Gasteiger partial charge in [0.1, 0.15) is 5.75 Å². The average Bonchev–Trinajstić information content (AvgIpc) is 2.76. The molecular formula is C26H40N2O. The first kappa shape index (κ1) is 23.4. The smallest absolute Gasteiger partial charge is 0.162 e. The lowest BCUT2D eigenvalue weighted by Crippen LogP contribution is -2.00. The van der Waals surface area contributed by atoms with Gasteiger partial charge < -0.3 is 4.74 Å². The maximum atomic E-state index is 6.06. The number of hydrogen-bond donors (Lipinski definition) is 0. The minimum absolute atomic E-state index is 0.759. The predicted molar refractivity (Wildman–Crippen MR) is 123 cm³/mol. The van der Waals surface area contributed by atoms with Crippen LogP contribution in [0.4, 0.5) is 0 Å². The van der Waals surface area contributed by atoms with Crippen LogP contribution in [0.2, 0.25) is 0 Å². The first-order valence-electron chi connectivity index (χ1n) is 11.9. The Balaban J connectivity index is 1.79. The quantitative estimate of drug-likeness (QED) is 0.272. The minimum Gasteiger partial charge on any atom is -0.493 e. The molecule has 0 aliphatic rings. The zero-order valence-electron chi connectivity index (χ0n) is 18.7. The first-order chi connectivity index (χ1) is 14.3. The Hall–Kier alpha value is -1.90. The molecule has 2 aromatic rings. The molecule has 0 bridgehead atoms. The summed E-state index contributed by atoms with van der Waals surface area (Å²) in [7, 11) is 0. The van der Waals surface area contributed by atoms with Gasteiger partial charge in [0.25, 0.3) is 0 Å². The van der Waals surface area contributed by atoms with Crippen LogP contribution in [0, 0.1) is 0 Å². The zero-order valence-corrected chi connectivity index (χ0v) is 18.7. The zero-order chi connectivity index (χ0) is 20.6. The number of benzene rings is 1. The third-order valence-corrected chi connectivity index (χ3v) is 5.41. The molecule has 0 unspecified atom stereocenters. The first-order valence-corrected chi connectivity index (χ1v) is 11.9. The average molecular weight is 397 g/mol. The molecule has 2 rings (SSSR count). The van der Waals surface area contributed by atoms with Crippen LogP contribution in [0.15, 0.2) is 36.7 Å². The number of rotatable bonds is 16. The molecule has 1 aromatic heterocycles. The van der Waals surface area contributed by atoms with E-state index in [1.165, 1.54) is 76.2 Å². The highest BCUT2D eigenvalue weighted by molar-refractivity contribution is 5.63. The van der Waals surface area contributed by atoms with Gasteiger partial charge in [0.15, 0.2) is 5.82 Å². The summed E-state index contributed by atoms with van der Waals surface area (Å²) in [6.45, 7) is 5.28. The van der Waals surface area contributed by atoms with Gasteiger partial charge >= 0.3 is 0 Å². The highest BCUT2D eigenvalue weighted by atomic mass is 16.5. The Bertz CT molecular complexity index is 654. The topological polar surface area (TPSA) is 35.0 Å². The van der Waals surface area contributed by atoms with Crippen molar-refractivity contribution in [2.24, 2.45) is 0 Å². The van der Waals surface area contributed by atoms with Crippen LogP contribution < -0.4 is 4.74 Å². The van der Waals surface area contributed by atoms with Gasteiger partial charge in [-0.15, -0.1) is 0 Å². The van der Waals surface area contributed by atoms with Gasteiger partial charge in [-0.1, -0.05) is 90.2 Å². The molecule has 0 spiro atoms. The van der Waals surface area contributed by atoms with Crippen molar-refractivity contribution in [2.75, 3.05) is 6.61 Å². The Morgan fingerprint density at radius 1 is 0.690 bits per heavy atom. The maximum Gasteiger partial charge on any atom is 0.162 e. The third kappa shape index (κ3) is 9.43. The fourth-order valence-electron chi connectivity index (χ4n) is 3.57. The fourth-order valence-corrected chi connectivity index (χ4v) is 3.57. The summed E-state index contributed by atoms with van der Waals surface area (Å²) < 4.78 is 6.06. The normalized spacial score (nSPS) is 11.0. The molecular weight excluding hydrogens is 356 g/mol. The van der Waals surface area contributed by atoms with E-state index in [9.17, 15) is 0 Å². The van der Waals surface area contributed by atoms with E-state index in [-0.39, 0.29) is 0 Å². The molecule has 0 fully saturated rings. The van der Waals surface area contributed by atoms with E-state index >= 15 is 0 Å². The molecule has 3 nitrogen and oxygen atoms in total. The molecule has 1 aromatic carbocycles. The van der Waals surface area contributed by atoms with E-state index in [1.807, 2.05) is 30.6 Å². The minimum atomic E-state index is 0.759. The molecule has 160 valence electrons. The van der Waals surface area contributed by atoms with E-state index in [0.29, 0.717) is 0 Å². The summed E-state index contributed by atoms with van der Waals surface area (Å²) in [5, 5.41) is 0. The van der Waals surface area contributed by atoms with Gasteiger partial charge in [-0.25, -0.2) is 9.97 Å². The molecule has 0 aliphatic carbocycles. The lowest BCUT2D eigenvalue weighted by atomic mass is 10.1. The van der Waals surface area contributed by atoms with Crippen LogP contribution in [0.1, 0.15) is 96.5 Å². The number of aromatic nitrogens is 2. The molecule has 0 N–H and O–H groups in total. The number of hydrogen-bond acceptors (Lipinski definition) is 3. The van der Waals surface area contributed by atoms with Crippen molar-refractivity contribution in [3.63, 3.8) is 0 Å². The standard InChI is InChI=1S/C26H40N2O/c1-3-5-7-9-11-13-17-23-21-27-26(28-22-23)24-18-14-15-19-25(24)29-20-16-12-10-8-6-4-2/h14-15,18-19,21-22H,3-13,16-17,20H2,1-2H3. The SMILES string of the molecule is CCCCCCCCOc1ccccc1-c1ncc(CCCCCCCC)cn1. The summed E-state index contributed by atoms with van der Waals surface area (Å²) >= 11 is 0. The lowest BCUT2D eigenvalue weighted by Gasteiger charge is -2.11. The van der Waals surface area contributed by atoms with Crippen molar-refractivity contribution >= 4 is 0 Å². The Kier molecular flexibility index (Phi) is 12.1. The van der Waals surface area contributed by atoms with Gasteiger partial charge in [0.05, 0.1) is 12.2 Å². The summed E-state index contributed by atoms with van der Waals surface area (Å²) in [6, 6.07) is 8.13. The Morgan fingerprint density at radius 2 is 1.28 bits per heavy atom. The van der Waals surface area contributed by atoms with Gasteiger partial charge in [-0.3, -0.25) is 0 Å². The summed E-state index contributed by atoms with van der Waals surface area (Å²) in [6.07, 6.45) is 20.6. The molecule has 0 atom stereocenters. The number of unbranched alkanes of at least 4 members (excludes halogenated alkanes) is 10. The molecule has 0 saturated heterocycles. The van der Waals surface area contributed by atoms with Crippen LogP contribution in [-0.2, 0) is 6.42 Å². The van der Waals surface area contributed by atoms with Crippen molar-refractivity contribution in [3.05, 3.63) is 42.2 Å². The summed E-state index contributed by atoms with van der Waals surface area (Å²) in [5.74, 6) is 1.65. The summed E-state index contributed by atoms with van der Waals surface area (Å²) in [4.78, 5) is 9.25. The Morgan fingerprint density at radius 3 is 1.97 bits per heavy atom. The second-order valence-corrected chi connectivity index (χ2v) is 8.05. The molecule has 0 saturated carbocycles. The third-order valence-electron chi connectivity index (χ3n) is 5.41. The van der Waals surface area contributed by atoms with Crippen molar-refractivity contribution in [1.29, 1.82) is 0 Å². The second-order valence-electron chi connectivity index (χ2n) is 8.05. The van der Waals surface area contributed by atoms with Crippen LogP contribution in [0.3, 0.4) is 0 Å². The van der Waals surface area contributed by atoms with Crippen molar-refractivity contribution < 1.29 is 4.74 Å². The van der Waals surface area contributed by atoms with Crippen LogP contribution in [-0.4, -0.2) is 16.6 Å². The molecule has 0 aliphatic heterocycles. The summed E-state index contributed by atoms with van der Waals surface area (Å²) in [5.41, 5.74) is 2.22. The van der Waals surface area contributed by atoms with E-state index in [0.717, 1.165) is 36.6 Å². The van der Waals surface area contributed by atoms with E-state index in [1.54, 1.807) is 0 Å². The van der Waals surface area contributed by atoms with E-state index in [4.69, 9.17) is 4.74 Å². The van der Waals surface area contributed by atoms with E-state index in [2.05, 4.69) is 29.9 Å². The van der Waals surface area contributed by atoms with Crippen molar-refractivity contribution in [1.82, 2.24) is 9.97 Å². The largest absolute Gasteiger partial charge is 0.493 e. The molecule has 0 amide bonds. The Labute approximate surface area is 178 Å². The van der Waals surface area contributed by atoms with Crippen molar-refractivity contribution in [3.8, 4) is 17.1 Å². The van der Waals surface area contributed by atoms with Crippen molar-refractivity contribution in [2.45, 2.75) is 97.3 Å². The van der Waals surface area contributed by atoms with Crippen LogP contribution in [0.5, 0.6) is 5.75 Å². The monoisotopic (exact) mass is 396 g/mol. The van der Waals surface area contributed by atoms with Gasteiger partial charge in [-0.2, -0.15) is 0 Å². The predicted octanol–water partition coefficient (Wildman–Crippen LogP) is 7.79. The van der Waals surface area contributed by atoms with Gasteiger partial charge in [0, 0.05) is 12.4 Å². The van der Waals surface area contributed by atoms with Crippen LogP contribution in [0.25, 0.3) is 11.4 Å². The van der Waals surface area contributed by atoms with Gasteiger partial charge in [-0.05, 0) is 37.0 Å². The molecule has 29 heavy (non-hydrogen) atoms. The van der Waals surface area contributed by atoms with Gasteiger partial charge in [0.2, 0.25) is 0 Å². The molecule has 1 heterocycles. The lowest BCUT2D eigenvalue weighted by molar-refractivity contribution is 0.305. The number of ether oxygens (including phenoxy) is 1. The van der Waals surface area contributed by atoms with Crippen LogP contribution >= 0.6 is 0 Å². The maximum absolute atomic E-state index is 6.06. The highest BCUT2D eigenvalue weighted by Gasteiger charge is 2.08. The number of nitrogens with zero attached hydrogens (tertiary/aromatic N) is 2. The van der Waals surface area contributed by atoms with E-state index < -0.39 is 0 Å². The fraction of sp³-hybridized carbons (Fsp3) is 0.615. The number of para-hydroxylation sites is 1.